The summed E-state index contributed by atoms with van der Waals surface area (Å²) in [6.07, 6.45) is 2.04. The summed E-state index contributed by atoms with van der Waals surface area (Å²) in [5.41, 5.74) is 3.00. The Hall–Kier alpha value is -2.82. The van der Waals surface area contributed by atoms with Gasteiger partial charge >= 0.3 is 12.0 Å². The summed E-state index contributed by atoms with van der Waals surface area (Å²) >= 11 is 0. The Bertz CT molecular complexity index is 696. The normalized spacial score (nSPS) is 10.1. The van der Waals surface area contributed by atoms with E-state index in [1.165, 1.54) is 5.56 Å². The topological polar surface area (TPSA) is 67.4 Å². The summed E-state index contributed by atoms with van der Waals surface area (Å²) in [4.78, 5) is 23.6. The third kappa shape index (κ3) is 5.12. The molecule has 2 N–H and O–H groups in total. The van der Waals surface area contributed by atoms with Gasteiger partial charge in [0.2, 0.25) is 0 Å². The fourth-order valence-electron chi connectivity index (χ4n) is 2.29. The van der Waals surface area contributed by atoms with E-state index in [-0.39, 0.29) is 12.0 Å². The first-order valence-electron chi connectivity index (χ1n) is 8.06. The zero-order valence-corrected chi connectivity index (χ0v) is 14.0. The van der Waals surface area contributed by atoms with Gasteiger partial charge < -0.3 is 15.4 Å². The molecule has 0 bridgehead atoms. The average molecular weight is 326 g/mol. The van der Waals surface area contributed by atoms with Crippen LogP contribution in [0, 0.1) is 0 Å². The molecule has 5 nitrogen and oxygen atoms in total. The van der Waals surface area contributed by atoms with Gasteiger partial charge in [-0.1, -0.05) is 25.5 Å². The van der Waals surface area contributed by atoms with Crippen molar-refractivity contribution < 1.29 is 14.3 Å². The number of nitrogens with one attached hydrogen (secondary N) is 2. The number of amides is 2. The van der Waals surface area contributed by atoms with Crippen LogP contribution in [-0.2, 0) is 11.2 Å². The van der Waals surface area contributed by atoms with Crippen molar-refractivity contribution in [3.05, 3.63) is 59.7 Å². The maximum absolute atomic E-state index is 12.1. The van der Waals surface area contributed by atoms with Crippen LogP contribution in [0.15, 0.2) is 48.5 Å². The lowest BCUT2D eigenvalue weighted by molar-refractivity contribution is 0.0526. The van der Waals surface area contributed by atoms with Gasteiger partial charge in [0.1, 0.15) is 0 Å². The number of hydrogen-bond acceptors (Lipinski definition) is 3. The van der Waals surface area contributed by atoms with Gasteiger partial charge in [0, 0.05) is 11.4 Å². The molecule has 0 heterocycles. The summed E-state index contributed by atoms with van der Waals surface area (Å²) < 4.78 is 4.92. The molecule has 2 aromatic rings. The highest BCUT2D eigenvalue weighted by Gasteiger charge is 2.07. The maximum atomic E-state index is 12.1. The predicted molar refractivity (Wildman–Crippen MR) is 95.5 cm³/mol. The van der Waals surface area contributed by atoms with E-state index in [4.69, 9.17) is 4.74 Å². The maximum Gasteiger partial charge on any atom is 0.338 e. The Balaban J connectivity index is 1.94. The molecule has 0 unspecified atom stereocenters. The van der Waals surface area contributed by atoms with Crippen LogP contribution < -0.4 is 10.6 Å². The van der Waals surface area contributed by atoms with Crippen LogP contribution in [0.1, 0.15) is 36.2 Å². The van der Waals surface area contributed by atoms with Crippen molar-refractivity contribution in [1.82, 2.24) is 0 Å². The molecule has 5 heteroatoms. The van der Waals surface area contributed by atoms with E-state index in [0.717, 1.165) is 18.5 Å². The van der Waals surface area contributed by atoms with Gasteiger partial charge in [0.05, 0.1) is 12.2 Å². The summed E-state index contributed by atoms with van der Waals surface area (Å²) in [6.45, 7) is 4.21. The van der Waals surface area contributed by atoms with Crippen LogP contribution in [0.2, 0.25) is 0 Å². The molecule has 0 aliphatic carbocycles. The second-order valence-corrected chi connectivity index (χ2v) is 5.33. The van der Waals surface area contributed by atoms with Crippen molar-refractivity contribution in [2.75, 3.05) is 17.2 Å². The summed E-state index contributed by atoms with van der Waals surface area (Å²) in [6, 6.07) is 14.0. The van der Waals surface area contributed by atoms with E-state index < -0.39 is 0 Å². The lowest BCUT2D eigenvalue weighted by Crippen LogP contribution is -2.19. The predicted octanol–water partition coefficient (Wildman–Crippen LogP) is 4.46. The summed E-state index contributed by atoms with van der Waals surface area (Å²) in [5.74, 6) is -0.374. The Labute approximate surface area is 142 Å². The summed E-state index contributed by atoms with van der Waals surface area (Å²) in [5, 5.41) is 5.54. The minimum Gasteiger partial charge on any atom is -0.462 e. The number of anilines is 2. The average Bonchev–Trinajstić information content (AvgIpc) is 2.56. The molecule has 0 aliphatic rings. The van der Waals surface area contributed by atoms with Crippen LogP contribution in [0.25, 0.3) is 0 Å². The number of esters is 1. The van der Waals surface area contributed by atoms with E-state index in [1.807, 2.05) is 24.3 Å². The molecule has 0 atom stereocenters. The first-order chi connectivity index (χ1) is 11.6. The van der Waals surface area contributed by atoms with Gasteiger partial charge in [-0.05, 0) is 55.3 Å². The van der Waals surface area contributed by atoms with Crippen LogP contribution in [0.4, 0.5) is 16.2 Å². The molecule has 2 rings (SSSR count). The van der Waals surface area contributed by atoms with E-state index in [0.29, 0.717) is 17.9 Å². The minimum atomic E-state index is -0.374. The number of urea groups is 1. The van der Waals surface area contributed by atoms with Crippen molar-refractivity contribution in [1.29, 1.82) is 0 Å². The zero-order chi connectivity index (χ0) is 17.4. The van der Waals surface area contributed by atoms with E-state index >= 15 is 0 Å². The molecule has 24 heavy (non-hydrogen) atoms. The number of hydrogen-bond donors (Lipinski definition) is 2. The Kier molecular flexibility index (Phi) is 6.37. The molecular weight excluding hydrogens is 304 g/mol. The Morgan fingerprint density at radius 2 is 1.67 bits per heavy atom. The smallest absolute Gasteiger partial charge is 0.338 e. The van der Waals surface area contributed by atoms with Crippen LogP contribution >= 0.6 is 0 Å². The van der Waals surface area contributed by atoms with Crippen molar-refractivity contribution in [3.8, 4) is 0 Å². The van der Waals surface area contributed by atoms with E-state index in [1.54, 1.807) is 31.2 Å². The standard InChI is InChI=1S/C19H22N2O3/c1-3-6-14-7-5-8-17(13-14)21-19(23)20-16-11-9-15(10-12-16)18(22)24-4-2/h5,7-13H,3-4,6H2,1-2H3,(H2,20,21,23). The van der Waals surface area contributed by atoms with Crippen LogP contribution in [0.3, 0.4) is 0 Å². The van der Waals surface area contributed by atoms with Gasteiger partial charge in [-0.15, -0.1) is 0 Å². The first kappa shape index (κ1) is 17.5. The quantitative estimate of drug-likeness (QED) is 0.770. The second-order valence-electron chi connectivity index (χ2n) is 5.33. The minimum absolute atomic E-state index is 0.326. The highest BCUT2D eigenvalue weighted by atomic mass is 16.5. The highest BCUT2D eigenvalue weighted by molar-refractivity contribution is 6.00. The number of carbonyl (C=O) groups is 2. The van der Waals surface area contributed by atoms with E-state index in [9.17, 15) is 9.59 Å². The van der Waals surface area contributed by atoms with Crippen molar-refractivity contribution in [3.63, 3.8) is 0 Å². The number of carbonyl (C=O) groups excluding carboxylic acids is 2. The number of aryl methyl sites for hydroxylation is 1. The lowest BCUT2D eigenvalue weighted by Gasteiger charge is -2.09. The Morgan fingerprint density at radius 1 is 0.958 bits per heavy atom. The van der Waals surface area contributed by atoms with Gasteiger partial charge in [0.25, 0.3) is 0 Å². The number of ether oxygens (including phenoxy) is 1. The molecule has 0 fully saturated rings. The first-order valence-corrected chi connectivity index (χ1v) is 8.06. The van der Waals surface area contributed by atoms with Gasteiger partial charge in [-0.25, -0.2) is 9.59 Å². The third-order valence-electron chi connectivity index (χ3n) is 3.38. The fraction of sp³-hybridized carbons (Fsp3) is 0.263. The monoisotopic (exact) mass is 326 g/mol. The molecule has 2 amide bonds. The number of benzene rings is 2. The van der Waals surface area contributed by atoms with Gasteiger partial charge in [-0.3, -0.25) is 0 Å². The summed E-state index contributed by atoms with van der Waals surface area (Å²) in [7, 11) is 0. The molecular formula is C19H22N2O3. The van der Waals surface area contributed by atoms with E-state index in [2.05, 4.69) is 17.6 Å². The molecule has 0 aliphatic heterocycles. The Morgan fingerprint density at radius 3 is 2.33 bits per heavy atom. The van der Waals surface area contributed by atoms with Crippen molar-refractivity contribution >= 4 is 23.4 Å². The van der Waals surface area contributed by atoms with Crippen molar-refractivity contribution in [2.24, 2.45) is 0 Å². The molecule has 2 aromatic carbocycles. The lowest BCUT2D eigenvalue weighted by atomic mass is 10.1. The van der Waals surface area contributed by atoms with Crippen molar-refractivity contribution in [2.45, 2.75) is 26.7 Å². The molecule has 0 saturated heterocycles. The highest BCUT2D eigenvalue weighted by Crippen LogP contribution is 2.14. The molecule has 0 spiro atoms. The van der Waals surface area contributed by atoms with Gasteiger partial charge in [0.15, 0.2) is 0 Å². The molecule has 0 radical (unpaired) electrons. The van der Waals surface area contributed by atoms with Gasteiger partial charge in [-0.2, -0.15) is 0 Å². The zero-order valence-electron chi connectivity index (χ0n) is 14.0. The number of rotatable bonds is 6. The molecule has 0 aromatic heterocycles. The largest absolute Gasteiger partial charge is 0.462 e. The molecule has 126 valence electrons. The SMILES string of the molecule is CCCc1cccc(NC(=O)Nc2ccc(C(=O)OCC)cc2)c1. The van der Waals surface area contributed by atoms with Crippen LogP contribution in [0.5, 0.6) is 0 Å². The molecule has 0 saturated carbocycles. The third-order valence-corrected chi connectivity index (χ3v) is 3.38. The second kappa shape index (κ2) is 8.72. The van der Waals surface area contributed by atoms with Crippen LogP contribution in [-0.4, -0.2) is 18.6 Å². The fourth-order valence-corrected chi connectivity index (χ4v) is 2.29.